The van der Waals surface area contributed by atoms with Crippen molar-refractivity contribution in [1.29, 1.82) is 0 Å². The third kappa shape index (κ3) is 1.68. The Morgan fingerprint density at radius 1 is 1.17 bits per heavy atom. The van der Waals surface area contributed by atoms with Gasteiger partial charge in [0.1, 0.15) is 5.75 Å². The molecule has 3 nitrogen and oxygen atoms in total. The van der Waals surface area contributed by atoms with E-state index in [0.717, 1.165) is 0 Å². The first-order valence-electron chi connectivity index (χ1n) is 3.25. The molecule has 0 spiro atoms. The highest BCUT2D eigenvalue weighted by molar-refractivity contribution is 6.30. The minimum Gasteiger partial charge on any atom is -0.432 e. The zero-order valence-corrected chi connectivity index (χ0v) is 7.38. The first-order valence-corrected chi connectivity index (χ1v) is 4.01. The van der Waals surface area contributed by atoms with Crippen molar-refractivity contribution >= 4 is 23.2 Å². The van der Waals surface area contributed by atoms with Crippen LogP contribution >= 0.6 is 23.2 Å². The van der Waals surface area contributed by atoms with E-state index >= 15 is 0 Å². The largest absolute Gasteiger partial charge is 0.432 e. The summed E-state index contributed by atoms with van der Waals surface area (Å²) in [4.78, 5) is 0. The van der Waals surface area contributed by atoms with Crippen LogP contribution < -0.4 is 4.74 Å². The molecule has 0 fully saturated rings. The smallest absolute Gasteiger partial charge is 0.418 e. The number of alkyl halides is 1. The summed E-state index contributed by atoms with van der Waals surface area (Å²) < 4.78 is 5.14. The molecule has 0 radical (unpaired) electrons. The van der Waals surface area contributed by atoms with Gasteiger partial charge in [0, 0.05) is 5.02 Å². The number of nitrogens with zero attached hydrogens (tertiary/aromatic N) is 2. The summed E-state index contributed by atoms with van der Waals surface area (Å²) in [6, 6.07) is 6.82. The van der Waals surface area contributed by atoms with Gasteiger partial charge in [0.2, 0.25) is 0 Å². The first kappa shape index (κ1) is 7.83. The maximum Gasteiger partial charge on any atom is 0.418 e. The van der Waals surface area contributed by atoms with Crippen molar-refractivity contribution in [3.05, 3.63) is 29.3 Å². The van der Waals surface area contributed by atoms with E-state index in [1.54, 1.807) is 24.3 Å². The van der Waals surface area contributed by atoms with Crippen molar-refractivity contribution in [3.8, 4) is 5.75 Å². The van der Waals surface area contributed by atoms with Gasteiger partial charge >= 0.3 is 5.31 Å². The number of benzene rings is 1. The molecular formula is C7H4Cl2N2O. The van der Waals surface area contributed by atoms with Gasteiger partial charge in [0.15, 0.2) is 0 Å². The molecule has 0 aromatic heterocycles. The fraction of sp³-hybridized carbons (Fsp3) is 0.143. The van der Waals surface area contributed by atoms with Gasteiger partial charge in [-0.1, -0.05) is 21.8 Å². The van der Waals surface area contributed by atoms with Crippen LogP contribution in [-0.2, 0) is 0 Å². The summed E-state index contributed by atoms with van der Waals surface area (Å²) in [6.07, 6.45) is 0. The van der Waals surface area contributed by atoms with Gasteiger partial charge < -0.3 is 4.74 Å². The van der Waals surface area contributed by atoms with E-state index in [1.807, 2.05) is 0 Å². The Morgan fingerprint density at radius 2 is 1.75 bits per heavy atom. The predicted octanol–water partition coefficient (Wildman–Crippen LogP) is 3.03. The molecule has 62 valence electrons. The minimum atomic E-state index is -1.17. The molecule has 0 atom stereocenters. The molecular weight excluding hydrogens is 199 g/mol. The third-order valence-electron chi connectivity index (χ3n) is 1.32. The number of ether oxygens (including phenoxy) is 1. The Bertz CT molecular complexity index is 317. The van der Waals surface area contributed by atoms with Crippen LogP contribution in [0.2, 0.25) is 5.02 Å². The molecule has 0 unspecified atom stereocenters. The highest BCUT2D eigenvalue weighted by Gasteiger charge is 2.40. The average Bonchev–Trinajstić information content (AvgIpc) is 2.74. The summed E-state index contributed by atoms with van der Waals surface area (Å²) in [5.74, 6) is 0.597. The minimum absolute atomic E-state index is 0.597. The van der Waals surface area contributed by atoms with Gasteiger partial charge in [0.25, 0.3) is 0 Å². The second kappa shape index (κ2) is 2.61. The lowest BCUT2D eigenvalue weighted by molar-refractivity contribution is 0.246. The van der Waals surface area contributed by atoms with Gasteiger partial charge in [-0.3, -0.25) is 0 Å². The van der Waals surface area contributed by atoms with E-state index in [1.165, 1.54) is 0 Å². The van der Waals surface area contributed by atoms with Crippen LogP contribution in [0, 0.1) is 0 Å². The highest BCUT2D eigenvalue weighted by atomic mass is 35.5. The van der Waals surface area contributed by atoms with Crippen LogP contribution in [0.25, 0.3) is 0 Å². The van der Waals surface area contributed by atoms with Crippen LogP contribution in [0.4, 0.5) is 0 Å². The summed E-state index contributed by atoms with van der Waals surface area (Å²) in [5, 5.41) is 6.45. The average molecular weight is 203 g/mol. The molecule has 12 heavy (non-hydrogen) atoms. The number of rotatable bonds is 2. The SMILES string of the molecule is Clc1ccc(OC2(Cl)N=N2)cc1. The Kier molecular flexibility index (Phi) is 1.70. The molecule has 1 heterocycles. The Morgan fingerprint density at radius 3 is 2.25 bits per heavy atom. The van der Waals surface area contributed by atoms with Gasteiger partial charge in [0.05, 0.1) is 0 Å². The lowest BCUT2D eigenvalue weighted by Gasteiger charge is -2.05. The van der Waals surface area contributed by atoms with Crippen LogP contribution in [0.5, 0.6) is 5.75 Å². The molecule has 1 aliphatic heterocycles. The van der Waals surface area contributed by atoms with E-state index in [-0.39, 0.29) is 0 Å². The van der Waals surface area contributed by atoms with Crippen molar-refractivity contribution in [2.45, 2.75) is 5.31 Å². The number of hydrogen-bond donors (Lipinski definition) is 0. The Hall–Kier alpha value is -0.800. The Balaban J connectivity index is 2.09. The highest BCUT2D eigenvalue weighted by Crippen LogP contribution is 2.35. The molecule has 1 aromatic carbocycles. The number of halogens is 2. The molecule has 1 aliphatic rings. The molecule has 1 aromatic rings. The topological polar surface area (TPSA) is 34.0 Å². The van der Waals surface area contributed by atoms with E-state index in [4.69, 9.17) is 27.9 Å². The number of hydrogen-bond acceptors (Lipinski definition) is 3. The molecule has 0 aliphatic carbocycles. The van der Waals surface area contributed by atoms with Gasteiger partial charge in [-0.15, -0.1) is 0 Å². The van der Waals surface area contributed by atoms with Gasteiger partial charge in [-0.05, 0) is 35.9 Å². The van der Waals surface area contributed by atoms with Crippen molar-refractivity contribution in [2.75, 3.05) is 0 Å². The van der Waals surface area contributed by atoms with Crippen LogP contribution in [0.1, 0.15) is 0 Å². The lowest BCUT2D eigenvalue weighted by atomic mass is 10.3. The van der Waals surface area contributed by atoms with Crippen molar-refractivity contribution in [1.82, 2.24) is 0 Å². The molecule has 0 saturated carbocycles. The maximum absolute atomic E-state index is 5.66. The fourth-order valence-corrected chi connectivity index (χ4v) is 0.986. The van der Waals surface area contributed by atoms with E-state index in [2.05, 4.69) is 10.2 Å². The molecule has 0 amide bonds. The van der Waals surface area contributed by atoms with Crippen LogP contribution in [-0.4, -0.2) is 5.31 Å². The second-order valence-corrected chi connectivity index (χ2v) is 3.21. The monoisotopic (exact) mass is 202 g/mol. The van der Waals surface area contributed by atoms with Crippen LogP contribution in [0.15, 0.2) is 34.5 Å². The van der Waals surface area contributed by atoms with E-state index < -0.39 is 5.31 Å². The van der Waals surface area contributed by atoms with Gasteiger partial charge in [-0.2, -0.15) is 0 Å². The van der Waals surface area contributed by atoms with Crippen molar-refractivity contribution in [2.24, 2.45) is 10.2 Å². The Labute approximate surface area is 79.0 Å². The van der Waals surface area contributed by atoms with E-state index in [9.17, 15) is 0 Å². The molecule has 5 heteroatoms. The summed E-state index contributed by atoms with van der Waals surface area (Å²) in [6.45, 7) is 0. The molecule has 0 bridgehead atoms. The van der Waals surface area contributed by atoms with Crippen LogP contribution in [0.3, 0.4) is 0 Å². The van der Waals surface area contributed by atoms with Crippen molar-refractivity contribution < 1.29 is 4.74 Å². The zero-order valence-electron chi connectivity index (χ0n) is 5.87. The quantitative estimate of drug-likeness (QED) is 0.537. The summed E-state index contributed by atoms with van der Waals surface area (Å²) in [7, 11) is 0. The fourth-order valence-electron chi connectivity index (χ4n) is 0.733. The van der Waals surface area contributed by atoms with Gasteiger partial charge in [-0.25, -0.2) is 0 Å². The lowest BCUT2D eigenvalue weighted by Crippen LogP contribution is -2.10. The molecule has 0 N–H and O–H groups in total. The first-order chi connectivity index (χ1) is 5.68. The maximum atomic E-state index is 5.66. The summed E-state index contributed by atoms with van der Waals surface area (Å²) in [5.41, 5.74) is 0. The normalized spacial score (nSPS) is 17.5. The standard InChI is InChI=1S/C7H4Cl2N2O/c8-5-1-3-6(4-2-5)12-7(9)10-11-7/h1-4H. The van der Waals surface area contributed by atoms with E-state index in [0.29, 0.717) is 10.8 Å². The van der Waals surface area contributed by atoms with Crippen molar-refractivity contribution in [3.63, 3.8) is 0 Å². The predicted molar refractivity (Wildman–Crippen MR) is 45.5 cm³/mol. The second-order valence-electron chi connectivity index (χ2n) is 2.28. The zero-order chi connectivity index (χ0) is 8.60. The third-order valence-corrected chi connectivity index (χ3v) is 1.80. The molecule has 2 rings (SSSR count). The molecule has 0 saturated heterocycles. The summed E-state index contributed by atoms with van der Waals surface area (Å²) >= 11 is 11.3.